The summed E-state index contributed by atoms with van der Waals surface area (Å²) in [7, 11) is 0. The van der Waals surface area contributed by atoms with E-state index in [2.05, 4.69) is 47.5 Å². The number of piperidine rings is 1. The fourth-order valence-corrected chi connectivity index (χ4v) is 5.58. The summed E-state index contributed by atoms with van der Waals surface area (Å²) in [5.41, 5.74) is 1.91. The second kappa shape index (κ2) is 13.2. The highest BCUT2D eigenvalue weighted by Gasteiger charge is 2.25. The van der Waals surface area contributed by atoms with Crippen molar-refractivity contribution in [3.63, 3.8) is 0 Å². The number of carbonyl (C=O) groups is 1. The van der Waals surface area contributed by atoms with E-state index < -0.39 is 0 Å². The first-order valence-electron chi connectivity index (χ1n) is 13.8. The van der Waals surface area contributed by atoms with Gasteiger partial charge in [0.1, 0.15) is 5.75 Å². The van der Waals surface area contributed by atoms with Gasteiger partial charge in [0.25, 0.3) is 5.91 Å². The summed E-state index contributed by atoms with van der Waals surface area (Å²) < 4.78 is 15.0. The monoisotopic (exact) mass is 607 g/mol. The number of rotatable bonds is 9. The number of aromatic nitrogens is 4. The lowest BCUT2D eigenvalue weighted by molar-refractivity contribution is 0.0310. The first kappa shape index (κ1) is 28.1. The van der Waals surface area contributed by atoms with Crippen molar-refractivity contribution in [1.29, 1.82) is 5.26 Å². The molecule has 2 aromatic heterocycles. The fraction of sp³-hybridized carbons (Fsp3) is 0.483. The number of hydrogen-bond acceptors (Lipinski definition) is 8. The number of carbonyl (C=O) groups excluding carboxylic acids is 1. The van der Waals surface area contributed by atoms with Gasteiger partial charge in [-0.2, -0.15) is 10.4 Å². The van der Waals surface area contributed by atoms with E-state index in [0.29, 0.717) is 17.9 Å². The van der Waals surface area contributed by atoms with Crippen LogP contribution in [0.25, 0.3) is 0 Å². The molecule has 210 valence electrons. The molecule has 11 heteroatoms. The van der Waals surface area contributed by atoms with Crippen molar-refractivity contribution >= 4 is 27.7 Å². The topological polar surface area (TPSA) is 118 Å². The van der Waals surface area contributed by atoms with Gasteiger partial charge in [-0.1, -0.05) is 0 Å². The number of nitriles is 1. The average molecular weight is 609 g/mol. The summed E-state index contributed by atoms with van der Waals surface area (Å²) in [6.45, 7) is 4.95. The maximum absolute atomic E-state index is 12.8. The number of hydrogen-bond donors (Lipinski definition) is 1. The van der Waals surface area contributed by atoms with Gasteiger partial charge < -0.3 is 19.7 Å². The van der Waals surface area contributed by atoms with Gasteiger partial charge in [0.05, 0.1) is 47.7 Å². The zero-order valence-electron chi connectivity index (χ0n) is 22.6. The SMILES string of the molecule is Cc1cc(OC2CCC(NC(=O)c3ccc(N4CCC(OCCn5cc(Br)cn5)CC4)nn3)CC2)ccc1C#N. The summed E-state index contributed by atoms with van der Waals surface area (Å²) in [6.07, 6.45) is 9.28. The van der Waals surface area contributed by atoms with Crippen LogP contribution in [0.3, 0.4) is 0 Å². The molecule has 1 saturated heterocycles. The minimum atomic E-state index is -0.192. The van der Waals surface area contributed by atoms with Gasteiger partial charge in [-0.25, -0.2) is 0 Å². The first-order chi connectivity index (χ1) is 19.5. The van der Waals surface area contributed by atoms with Crippen LogP contribution in [0, 0.1) is 18.3 Å². The fourth-order valence-electron chi connectivity index (χ4n) is 5.25. The summed E-state index contributed by atoms with van der Waals surface area (Å²) in [4.78, 5) is 15.0. The molecule has 1 aromatic carbocycles. The predicted octanol–water partition coefficient (Wildman–Crippen LogP) is 4.42. The lowest BCUT2D eigenvalue weighted by Crippen LogP contribution is -2.40. The van der Waals surface area contributed by atoms with E-state index >= 15 is 0 Å². The van der Waals surface area contributed by atoms with Crippen molar-refractivity contribution < 1.29 is 14.3 Å². The molecule has 1 N–H and O–H groups in total. The zero-order chi connectivity index (χ0) is 27.9. The van der Waals surface area contributed by atoms with Crippen LogP contribution in [-0.2, 0) is 11.3 Å². The first-order valence-corrected chi connectivity index (χ1v) is 14.6. The van der Waals surface area contributed by atoms with E-state index in [1.165, 1.54) is 0 Å². The van der Waals surface area contributed by atoms with E-state index in [1.807, 2.05) is 36.0 Å². The van der Waals surface area contributed by atoms with Gasteiger partial charge in [-0.15, -0.1) is 10.2 Å². The lowest BCUT2D eigenvalue weighted by atomic mass is 9.92. The summed E-state index contributed by atoms with van der Waals surface area (Å²) >= 11 is 3.41. The minimum absolute atomic E-state index is 0.0883. The number of aryl methyl sites for hydroxylation is 1. The Kier molecular flexibility index (Phi) is 9.29. The number of ether oxygens (including phenoxy) is 2. The Morgan fingerprint density at radius 3 is 2.55 bits per heavy atom. The number of anilines is 1. The molecule has 5 rings (SSSR count). The quantitative estimate of drug-likeness (QED) is 0.380. The number of nitrogens with one attached hydrogen (secondary N) is 1. The maximum atomic E-state index is 12.8. The van der Waals surface area contributed by atoms with E-state index in [9.17, 15) is 4.79 Å². The lowest BCUT2D eigenvalue weighted by Gasteiger charge is -2.32. The maximum Gasteiger partial charge on any atom is 0.272 e. The van der Waals surface area contributed by atoms with Gasteiger partial charge in [0, 0.05) is 25.3 Å². The second-order valence-electron chi connectivity index (χ2n) is 10.4. The van der Waals surface area contributed by atoms with E-state index in [4.69, 9.17) is 14.7 Å². The molecule has 3 aromatic rings. The molecule has 2 fully saturated rings. The molecule has 0 bridgehead atoms. The Labute approximate surface area is 242 Å². The minimum Gasteiger partial charge on any atom is -0.490 e. The van der Waals surface area contributed by atoms with Gasteiger partial charge in [-0.05, 0) is 97.3 Å². The van der Waals surface area contributed by atoms with Crippen LogP contribution in [0.5, 0.6) is 5.75 Å². The molecule has 1 aliphatic heterocycles. The molecule has 1 saturated carbocycles. The van der Waals surface area contributed by atoms with Crippen molar-refractivity contribution in [2.75, 3.05) is 24.6 Å². The van der Waals surface area contributed by atoms with E-state index in [1.54, 1.807) is 18.3 Å². The summed E-state index contributed by atoms with van der Waals surface area (Å²) in [6, 6.07) is 11.5. The van der Waals surface area contributed by atoms with Gasteiger partial charge >= 0.3 is 0 Å². The van der Waals surface area contributed by atoms with Crippen molar-refractivity contribution in [3.05, 3.63) is 64.0 Å². The van der Waals surface area contributed by atoms with Gasteiger partial charge in [-0.3, -0.25) is 9.48 Å². The van der Waals surface area contributed by atoms with Crippen molar-refractivity contribution in [2.45, 2.75) is 70.2 Å². The second-order valence-corrected chi connectivity index (χ2v) is 11.3. The molecule has 1 amide bonds. The zero-order valence-corrected chi connectivity index (χ0v) is 24.2. The normalized spacial score (nSPS) is 19.7. The standard InChI is InChI=1S/C29H34BrN7O3/c1-20-16-26(5-2-21(20)17-31)40-25-6-3-23(4-7-25)33-29(38)27-8-9-28(35-34-27)36-12-10-24(11-13-36)39-15-14-37-19-22(30)18-32-37/h2,5,8-9,16,18-19,23-25H,3-4,6-7,10-15H2,1H3,(H,33,38). The third-order valence-electron chi connectivity index (χ3n) is 7.56. The molecule has 0 atom stereocenters. The molecule has 1 aliphatic carbocycles. The predicted molar refractivity (Wildman–Crippen MR) is 153 cm³/mol. The molecule has 2 aliphatic rings. The highest BCUT2D eigenvalue weighted by atomic mass is 79.9. The van der Waals surface area contributed by atoms with Crippen LogP contribution in [0.4, 0.5) is 5.82 Å². The third-order valence-corrected chi connectivity index (χ3v) is 7.96. The Balaban J connectivity index is 1.02. The largest absolute Gasteiger partial charge is 0.490 e. The molecule has 0 spiro atoms. The van der Waals surface area contributed by atoms with Crippen molar-refractivity contribution in [2.24, 2.45) is 0 Å². The smallest absolute Gasteiger partial charge is 0.272 e. The average Bonchev–Trinajstić information content (AvgIpc) is 3.39. The van der Waals surface area contributed by atoms with Crippen molar-refractivity contribution in [1.82, 2.24) is 25.3 Å². The highest BCUT2D eigenvalue weighted by molar-refractivity contribution is 9.10. The van der Waals surface area contributed by atoms with Gasteiger partial charge in [0.15, 0.2) is 11.5 Å². The van der Waals surface area contributed by atoms with Crippen LogP contribution in [0.15, 0.2) is 47.2 Å². The third kappa shape index (κ3) is 7.37. The Hall–Kier alpha value is -3.49. The highest BCUT2D eigenvalue weighted by Crippen LogP contribution is 2.26. The summed E-state index contributed by atoms with van der Waals surface area (Å²) in [5.74, 6) is 1.38. The van der Waals surface area contributed by atoms with Gasteiger partial charge in [0.2, 0.25) is 0 Å². The van der Waals surface area contributed by atoms with Crippen LogP contribution < -0.4 is 15.0 Å². The number of halogens is 1. The van der Waals surface area contributed by atoms with Crippen LogP contribution >= 0.6 is 15.9 Å². The Morgan fingerprint density at radius 2 is 1.90 bits per heavy atom. The van der Waals surface area contributed by atoms with E-state index in [0.717, 1.165) is 79.8 Å². The molecule has 0 radical (unpaired) electrons. The Bertz CT molecular complexity index is 1320. The molecule has 0 unspecified atom stereocenters. The van der Waals surface area contributed by atoms with Crippen LogP contribution in [0.1, 0.15) is 60.1 Å². The Morgan fingerprint density at radius 1 is 1.10 bits per heavy atom. The number of benzene rings is 1. The van der Waals surface area contributed by atoms with E-state index in [-0.39, 0.29) is 24.2 Å². The molecular formula is C29H34BrN7O3. The summed E-state index contributed by atoms with van der Waals surface area (Å²) in [5, 5.41) is 25.0. The number of nitrogens with zero attached hydrogens (tertiary/aromatic N) is 6. The molecular weight excluding hydrogens is 574 g/mol. The molecule has 40 heavy (non-hydrogen) atoms. The van der Waals surface area contributed by atoms with Crippen LogP contribution in [-0.4, -0.2) is 63.8 Å². The number of amides is 1. The molecule has 10 nitrogen and oxygen atoms in total. The molecule has 3 heterocycles. The van der Waals surface area contributed by atoms with Crippen molar-refractivity contribution in [3.8, 4) is 11.8 Å². The van der Waals surface area contributed by atoms with Crippen LogP contribution in [0.2, 0.25) is 0 Å².